The minimum atomic E-state index is -0.504. The van der Waals surface area contributed by atoms with Gasteiger partial charge in [-0.1, -0.05) is 0 Å². The highest BCUT2D eigenvalue weighted by Gasteiger charge is 2.35. The number of ether oxygens (including phenoxy) is 1. The van der Waals surface area contributed by atoms with Crippen LogP contribution in [0, 0.1) is 0 Å². The number of hydrogen-bond donors (Lipinski definition) is 3. The largest absolute Gasteiger partial charge is 0.370 e. The molecule has 6 nitrogen and oxygen atoms in total. The fourth-order valence-electron chi connectivity index (χ4n) is 1.69. The normalized spacial score (nSPS) is 24.3. The van der Waals surface area contributed by atoms with Crippen LogP contribution in [0.25, 0.3) is 0 Å². The molecular formula is C10H19N3O3. The van der Waals surface area contributed by atoms with E-state index in [1.165, 1.54) is 0 Å². The van der Waals surface area contributed by atoms with Crippen LogP contribution in [0.3, 0.4) is 0 Å². The van der Waals surface area contributed by atoms with Crippen molar-refractivity contribution >= 4 is 11.8 Å². The van der Waals surface area contributed by atoms with Crippen molar-refractivity contribution in [3.63, 3.8) is 0 Å². The van der Waals surface area contributed by atoms with Gasteiger partial charge in [0, 0.05) is 6.54 Å². The van der Waals surface area contributed by atoms with E-state index < -0.39 is 11.4 Å². The molecule has 1 unspecified atom stereocenters. The van der Waals surface area contributed by atoms with Crippen LogP contribution in [0.4, 0.5) is 0 Å². The summed E-state index contributed by atoms with van der Waals surface area (Å²) < 4.78 is 4.93. The third kappa shape index (κ3) is 3.79. The van der Waals surface area contributed by atoms with Crippen LogP contribution in [0.2, 0.25) is 0 Å². The first-order valence-electron chi connectivity index (χ1n) is 5.44. The molecule has 1 atom stereocenters. The van der Waals surface area contributed by atoms with E-state index in [0.29, 0.717) is 13.2 Å². The molecule has 6 heteroatoms. The molecule has 0 aromatic heterocycles. The van der Waals surface area contributed by atoms with Gasteiger partial charge >= 0.3 is 0 Å². The van der Waals surface area contributed by atoms with Crippen molar-refractivity contribution in [3.8, 4) is 0 Å². The van der Waals surface area contributed by atoms with E-state index in [4.69, 9.17) is 10.5 Å². The Morgan fingerprint density at radius 3 is 2.88 bits per heavy atom. The molecule has 1 heterocycles. The maximum atomic E-state index is 11.7. The van der Waals surface area contributed by atoms with E-state index in [9.17, 15) is 9.59 Å². The molecule has 0 bridgehead atoms. The first-order chi connectivity index (χ1) is 7.54. The van der Waals surface area contributed by atoms with Gasteiger partial charge in [0.1, 0.15) is 6.61 Å². The first kappa shape index (κ1) is 12.9. The lowest BCUT2D eigenvalue weighted by molar-refractivity contribution is -0.126. The summed E-state index contributed by atoms with van der Waals surface area (Å²) in [4.78, 5) is 22.1. The van der Waals surface area contributed by atoms with Gasteiger partial charge < -0.3 is 21.1 Å². The summed E-state index contributed by atoms with van der Waals surface area (Å²) in [5.74, 6) is -0.525. The Morgan fingerprint density at radius 2 is 2.31 bits per heavy atom. The van der Waals surface area contributed by atoms with Gasteiger partial charge in [-0.2, -0.15) is 0 Å². The summed E-state index contributed by atoms with van der Waals surface area (Å²) in [6.07, 6.45) is 1.86. The monoisotopic (exact) mass is 229 g/mol. The number of carbonyl (C=O) groups excluding carboxylic acids is 2. The van der Waals surface area contributed by atoms with Gasteiger partial charge in [0.15, 0.2) is 0 Å². The molecule has 0 aromatic carbocycles. The molecule has 1 aliphatic heterocycles. The second kappa shape index (κ2) is 5.81. The van der Waals surface area contributed by atoms with E-state index in [2.05, 4.69) is 10.6 Å². The van der Waals surface area contributed by atoms with Crippen molar-refractivity contribution in [2.45, 2.75) is 25.3 Å². The summed E-state index contributed by atoms with van der Waals surface area (Å²) in [6, 6.07) is 0. The van der Waals surface area contributed by atoms with Crippen LogP contribution in [-0.4, -0.2) is 43.7 Å². The van der Waals surface area contributed by atoms with Crippen LogP contribution < -0.4 is 16.4 Å². The van der Waals surface area contributed by atoms with E-state index in [1.54, 1.807) is 0 Å². The van der Waals surface area contributed by atoms with Gasteiger partial charge in [-0.15, -0.1) is 0 Å². The Hall–Kier alpha value is -1.14. The number of hydrogen-bond acceptors (Lipinski definition) is 4. The van der Waals surface area contributed by atoms with Crippen molar-refractivity contribution in [3.05, 3.63) is 0 Å². The Balaban J connectivity index is 2.13. The lowest BCUT2D eigenvalue weighted by atomic mass is 9.99. The molecule has 0 aliphatic carbocycles. The van der Waals surface area contributed by atoms with E-state index in [1.807, 2.05) is 6.92 Å². The molecule has 1 rings (SSSR count). The van der Waals surface area contributed by atoms with Crippen LogP contribution >= 0.6 is 0 Å². The van der Waals surface area contributed by atoms with Gasteiger partial charge in [-0.25, -0.2) is 0 Å². The molecule has 1 fully saturated rings. The number of amides is 2. The van der Waals surface area contributed by atoms with E-state index in [0.717, 1.165) is 19.4 Å². The smallest absolute Gasteiger partial charge is 0.243 e. The minimum Gasteiger partial charge on any atom is -0.370 e. The van der Waals surface area contributed by atoms with Crippen molar-refractivity contribution in [2.75, 3.05) is 26.3 Å². The highest BCUT2D eigenvalue weighted by Crippen LogP contribution is 2.17. The van der Waals surface area contributed by atoms with Gasteiger partial charge in [0.05, 0.1) is 12.1 Å². The first-order valence-corrected chi connectivity index (χ1v) is 5.44. The van der Waals surface area contributed by atoms with Crippen molar-refractivity contribution in [1.82, 2.24) is 10.6 Å². The predicted molar refractivity (Wildman–Crippen MR) is 58.7 cm³/mol. The van der Waals surface area contributed by atoms with Gasteiger partial charge in [0.2, 0.25) is 11.8 Å². The highest BCUT2D eigenvalue weighted by molar-refractivity contribution is 5.86. The molecule has 0 aromatic rings. The zero-order valence-corrected chi connectivity index (χ0v) is 9.54. The summed E-state index contributed by atoms with van der Waals surface area (Å²) in [5.41, 5.74) is 4.44. The molecule has 92 valence electrons. The summed E-state index contributed by atoms with van der Waals surface area (Å²) in [5, 5.41) is 5.93. The molecule has 4 N–H and O–H groups in total. The maximum absolute atomic E-state index is 11.7. The Bertz CT molecular complexity index is 262. The fourth-order valence-corrected chi connectivity index (χ4v) is 1.69. The second-order valence-electron chi connectivity index (χ2n) is 4.14. The van der Waals surface area contributed by atoms with Gasteiger partial charge in [-0.05, 0) is 26.3 Å². The minimum absolute atomic E-state index is 0.0207. The SMILES string of the molecule is CC1(C(=O)NCCOCC(N)=O)CCCN1. The molecule has 1 saturated heterocycles. The average molecular weight is 229 g/mol. The quantitative estimate of drug-likeness (QED) is 0.496. The summed E-state index contributed by atoms with van der Waals surface area (Å²) >= 11 is 0. The lowest BCUT2D eigenvalue weighted by Gasteiger charge is -2.22. The number of nitrogens with one attached hydrogen (secondary N) is 2. The van der Waals surface area contributed by atoms with Crippen LogP contribution in [-0.2, 0) is 14.3 Å². The molecular weight excluding hydrogens is 210 g/mol. The molecule has 1 aliphatic rings. The maximum Gasteiger partial charge on any atom is 0.243 e. The Kier molecular flexibility index (Phi) is 4.70. The summed E-state index contributed by atoms with van der Waals surface area (Å²) in [7, 11) is 0. The number of carbonyl (C=O) groups is 2. The fraction of sp³-hybridized carbons (Fsp3) is 0.800. The zero-order chi connectivity index (χ0) is 12.0. The van der Waals surface area contributed by atoms with Crippen molar-refractivity contribution in [1.29, 1.82) is 0 Å². The average Bonchev–Trinajstić information content (AvgIpc) is 2.65. The summed E-state index contributed by atoms with van der Waals surface area (Å²) in [6.45, 7) is 3.35. The predicted octanol–water partition coefficient (Wildman–Crippen LogP) is -1.25. The van der Waals surface area contributed by atoms with E-state index in [-0.39, 0.29) is 12.5 Å². The van der Waals surface area contributed by atoms with Crippen molar-refractivity contribution in [2.24, 2.45) is 5.73 Å². The van der Waals surface area contributed by atoms with E-state index >= 15 is 0 Å². The molecule has 0 saturated carbocycles. The van der Waals surface area contributed by atoms with Crippen LogP contribution in [0.5, 0.6) is 0 Å². The van der Waals surface area contributed by atoms with Crippen LogP contribution in [0.15, 0.2) is 0 Å². The Labute approximate surface area is 94.9 Å². The molecule has 2 amide bonds. The second-order valence-corrected chi connectivity index (χ2v) is 4.14. The molecule has 16 heavy (non-hydrogen) atoms. The third-order valence-corrected chi connectivity index (χ3v) is 2.65. The number of rotatable bonds is 6. The highest BCUT2D eigenvalue weighted by atomic mass is 16.5. The zero-order valence-electron chi connectivity index (χ0n) is 9.54. The van der Waals surface area contributed by atoms with Crippen LogP contribution in [0.1, 0.15) is 19.8 Å². The van der Waals surface area contributed by atoms with Gasteiger partial charge in [0.25, 0.3) is 0 Å². The Morgan fingerprint density at radius 1 is 1.56 bits per heavy atom. The number of nitrogens with two attached hydrogens (primary N) is 1. The molecule has 0 spiro atoms. The van der Waals surface area contributed by atoms with Gasteiger partial charge in [-0.3, -0.25) is 9.59 Å². The molecule has 0 radical (unpaired) electrons. The number of primary amides is 1. The topological polar surface area (TPSA) is 93.4 Å². The van der Waals surface area contributed by atoms with Crippen molar-refractivity contribution < 1.29 is 14.3 Å². The lowest BCUT2D eigenvalue weighted by Crippen LogP contribution is -2.51. The third-order valence-electron chi connectivity index (χ3n) is 2.65. The standard InChI is InChI=1S/C10H19N3O3/c1-10(3-2-4-13-10)9(15)12-5-6-16-7-8(11)14/h13H,2-7H2,1H3,(H2,11,14)(H,12,15).